The van der Waals surface area contributed by atoms with Gasteiger partial charge < -0.3 is 10.6 Å². The zero-order valence-electron chi connectivity index (χ0n) is 18.0. The van der Waals surface area contributed by atoms with Crippen LogP contribution in [0.15, 0.2) is 35.5 Å². The first-order valence-electron chi connectivity index (χ1n) is 10.4. The number of carbonyl (C=O) groups excluding carboxylic acids is 2. The molecule has 4 rings (SSSR count). The first kappa shape index (κ1) is 24.5. The maximum Gasteiger partial charge on any atom is 0.256 e. The van der Waals surface area contributed by atoms with Crippen molar-refractivity contribution in [1.29, 1.82) is 0 Å². The molecule has 1 unspecified atom stereocenters. The number of amides is 2. The highest BCUT2D eigenvalue weighted by molar-refractivity contribution is 7.90. The first-order chi connectivity index (χ1) is 15.9. The standard InChI is InChI=1S/C22H21ClF3N3O4S/c1-34(32,33)18-5-4-12(9-28-18)20(30)29-10-13(24)8-22(29,21(27)31)19(11-2-3-11)14-6-17(26)15(23)7-16(14)25/h4-7,9,11,13,19H,2-3,8,10H2,1H3,(H2,27,31)/t13?,19-,22+/m1/s1. The van der Waals surface area contributed by atoms with Crippen molar-refractivity contribution in [1.82, 2.24) is 9.88 Å². The maximum absolute atomic E-state index is 15.0. The van der Waals surface area contributed by atoms with Crippen LogP contribution >= 0.6 is 11.6 Å². The normalized spacial score (nSPS) is 23.7. The second-order valence-electron chi connectivity index (χ2n) is 8.77. The number of pyridine rings is 1. The molecule has 34 heavy (non-hydrogen) atoms. The van der Waals surface area contributed by atoms with Crippen molar-refractivity contribution in [3.8, 4) is 0 Å². The summed E-state index contributed by atoms with van der Waals surface area (Å²) in [6.07, 6.45) is 0.905. The summed E-state index contributed by atoms with van der Waals surface area (Å²) < 4.78 is 67.5. The minimum Gasteiger partial charge on any atom is -0.368 e. The van der Waals surface area contributed by atoms with Crippen molar-refractivity contribution in [2.45, 2.75) is 41.9 Å². The number of sulfone groups is 1. The smallest absolute Gasteiger partial charge is 0.256 e. The minimum absolute atomic E-state index is 0.107. The van der Waals surface area contributed by atoms with Crippen LogP contribution in [0.25, 0.3) is 0 Å². The lowest BCUT2D eigenvalue weighted by Gasteiger charge is -2.42. The number of rotatable bonds is 6. The van der Waals surface area contributed by atoms with Crippen molar-refractivity contribution in [2.24, 2.45) is 11.7 Å². The molecule has 1 aliphatic carbocycles. The van der Waals surface area contributed by atoms with E-state index < -0.39 is 68.9 Å². The molecule has 0 spiro atoms. The van der Waals surface area contributed by atoms with E-state index in [9.17, 15) is 31.2 Å². The van der Waals surface area contributed by atoms with Crippen LogP contribution in [0.1, 0.15) is 41.1 Å². The molecule has 7 nitrogen and oxygen atoms in total. The van der Waals surface area contributed by atoms with Crippen molar-refractivity contribution in [2.75, 3.05) is 12.8 Å². The summed E-state index contributed by atoms with van der Waals surface area (Å²) in [5.41, 5.74) is 3.47. The number of nitrogens with zero attached hydrogens (tertiary/aromatic N) is 2. The van der Waals surface area contributed by atoms with Gasteiger partial charge in [-0.1, -0.05) is 11.6 Å². The molecular weight excluding hydrogens is 495 g/mol. The number of primary amides is 1. The van der Waals surface area contributed by atoms with Gasteiger partial charge in [-0.2, -0.15) is 0 Å². The van der Waals surface area contributed by atoms with Crippen LogP contribution in [0, 0.1) is 17.6 Å². The summed E-state index contributed by atoms with van der Waals surface area (Å²) >= 11 is 5.69. The Hall–Kier alpha value is -2.66. The van der Waals surface area contributed by atoms with Gasteiger partial charge in [0.2, 0.25) is 5.91 Å². The van der Waals surface area contributed by atoms with E-state index in [4.69, 9.17) is 17.3 Å². The number of hydrogen-bond acceptors (Lipinski definition) is 5. The second kappa shape index (κ2) is 8.53. The molecule has 2 heterocycles. The summed E-state index contributed by atoms with van der Waals surface area (Å²) in [6, 6.07) is 3.95. The third-order valence-electron chi connectivity index (χ3n) is 6.41. The molecule has 2 aromatic rings. The molecular formula is C22H21ClF3N3O4S. The molecule has 1 saturated carbocycles. The summed E-state index contributed by atoms with van der Waals surface area (Å²) in [4.78, 5) is 31.1. The lowest BCUT2D eigenvalue weighted by molar-refractivity contribution is -0.129. The molecule has 3 atom stereocenters. The lowest BCUT2D eigenvalue weighted by atomic mass is 9.73. The van der Waals surface area contributed by atoms with Crippen LogP contribution in [0.5, 0.6) is 0 Å². The molecule has 1 saturated heterocycles. The van der Waals surface area contributed by atoms with Crippen LogP contribution in [0.4, 0.5) is 13.2 Å². The average molecular weight is 516 g/mol. The van der Waals surface area contributed by atoms with E-state index in [-0.39, 0.29) is 22.1 Å². The number of halogens is 4. The van der Waals surface area contributed by atoms with Crippen molar-refractivity contribution in [3.63, 3.8) is 0 Å². The van der Waals surface area contributed by atoms with Crippen molar-refractivity contribution < 1.29 is 31.2 Å². The quantitative estimate of drug-likeness (QED) is 0.595. The van der Waals surface area contributed by atoms with E-state index >= 15 is 0 Å². The number of likely N-dealkylation sites (tertiary alicyclic amines) is 1. The number of nitrogens with two attached hydrogens (primary N) is 1. The number of carbonyl (C=O) groups is 2. The van der Waals surface area contributed by atoms with Crippen LogP contribution < -0.4 is 5.73 Å². The second-order valence-corrected chi connectivity index (χ2v) is 11.1. The Morgan fingerprint density at radius 3 is 2.44 bits per heavy atom. The van der Waals surface area contributed by atoms with Gasteiger partial charge in [-0.25, -0.2) is 26.6 Å². The summed E-state index contributed by atoms with van der Waals surface area (Å²) in [5.74, 6) is -5.13. The predicted octanol–water partition coefficient (Wildman–Crippen LogP) is 3.02. The van der Waals surface area contributed by atoms with E-state index in [0.717, 1.165) is 35.6 Å². The average Bonchev–Trinajstić information content (AvgIpc) is 3.52. The first-order valence-corrected chi connectivity index (χ1v) is 12.7. The highest BCUT2D eigenvalue weighted by atomic mass is 35.5. The summed E-state index contributed by atoms with van der Waals surface area (Å²) in [5, 5.41) is -0.728. The molecule has 1 aliphatic heterocycles. The Kier molecular flexibility index (Phi) is 6.14. The van der Waals surface area contributed by atoms with Gasteiger partial charge in [0.05, 0.1) is 17.1 Å². The monoisotopic (exact) mass is 515 g/mol. The van der Waals surface area contributed by atoms with Crippen LogP contribution in [-0.2, 0) is 14.6 Å². The van der Waals surface area contributed by atoms with Crippen LogP contribution in [0.2, 0.25) is 5.02 Å². The van der Waals surface area contributed by atoms with Gasteiger partial charge in [-0.3, -0.25) is 9.59 Å². The zero-order chi connectivity index (χ0) is 25.0. The van der Waals surface area contributed by atoms with E-state index in [1.165, 1.54) is 6.07 Å². The molecule has 2 fully saturated rings. The Balaban J connectivity index is 1.84. The predicted molar refractivity (Wildman–Crippen MR) is 117 cm³/mol. The van der Waals surface area contributed by atoms with Crippen molar-refractivity contribution in [3.05, 3.63) is 58.2 Å². The highest BCUT2D eigenvalue weighted by Crippen LogP contribution is 2.55. The largest absolute Gasteiger partial charge is 0.368 e. The maximum atomic E-state index is 15.0. The zero-order valence-corrected chi connectivity index (χ0v) is 19.5. The fraction of sp³-hybridized carbons (Fsp3) is 0.409. The fourth-order valence-electron chi connectivity index (χ4n) is 4.81. The van der Waals surface area contributed by atoms with Gasteiger partial charge in [0.15, 0.2) is 14.9 Å². The minimum atomic E-state index is -3.63. The van der Waals surface area contributed by atoms with Gasteiger partial charge in [-0.05, 0) is 48.6 Å². The van der Waals surface area contributed by atoms with Crippen LogP contribution in [-0.4, -0.2) is 54.6 Å². The van der Waals surface area contributed by atoms with Crippen LogP contribution in [0.3, 0.4) is 0 Å². The molecule has 1 aromatic carbocycles. The molecule has 2 amide bonds. The van der Waals surface area contributed by atoms with Gasteiger partial charge in [0.1, 0.15) is 23.3 Å². The topological polar surface area (TPSA) is 110 Å². The molecule has 182 valence electrons. The number of benzene rings is 1. The van der Waals surface area contributed by atoms with E-state index in [0.29, 0.717) is 12.8 Å². The molecule has 0 bridgehead atoms. The van der Waals surface area contributed by atoms with Crippen molar-refractivity contribution >= 4 is 33.3 Å². The van der Waals surface area contributed by atoms with Gasteiger partial charge in [0.25, 0.3) is 5.91 Å². The Bertz CT molecular complexity index is 1270. The third kappa shape index (κ3) is 4.15. The summed E-state index contributed by atoms with van der Waals surface area (Å²) in [6.45, 7) is -0.503. The number of hydrogen-bond donors (Lipinski definition) is 1. The number of aromatic nitrogens is 1. The van der Waals surface area contributed by atoms with Gasteiger partial charge in [0, 0.05) is 24.8 Å². The highest BCUT2D eigenvalue weighted by Gasteiger charge is 2.61. The van der Waals surface area contributed by atoms with E-state index in [2.05, 4.69) is 4.98 Å². The molecule has 1 aromatic heterocycles. The molecule has 2 aliphatic rings. The fourth-order valence-corrected chi connectivity index (χ4v) is 5.52. The molecule has 0 radical (unpaired) electrons. The Morgan fingerprint density at radius 1 is 1.24 bits per heavy atom. The molecule has 2 N–H and O–H groups in total. The Morgan fingerprint density at radius 2 is 1.91 bits per heavy atom. The van der Waals surface area contributed by atoms with E-state index in [1.807, 2.05) is 0 Å². The van der Waals surface area contributed by atoms with Gasteiger partial charge in [-0.15, -0.1) is 0 Å². The number of alkyl halides is 1. The van der Waals surface area contributed by atoms with Gasteiger partial charge >= 0.3 is 0 Å². The SMILES string of the molecule is CS(=O)(=O)c1ccc(C(=O)N2CC(F)C[C@@]2(C(N)=O)[C@@H](c2cc(F)c(Cl)cc2F)C2CC2)cn1. The third-order valence-corrected chi connectivity index (χ3v) is 7.70. The molecule has 12 heteroatoms. The Labute approximate surface area is 199 Å². The van der Waals surface area contributed by atoms with E-state index in [1.54, 1.807) is 0 Å². The summed E-state index contributed by atoms with van der Waals surface area (Å²) in [7, 11) is -3.63. The lowest BCUT2D eigenvalue weighted by Crippen LogP contribution is -2.60.